The Bertz CT molecular complexity index is 1110. The number of hydrogen-bond acceptors (Lipinski definition) is 3. The SMILES string of the molecule is Cc1cccc(-c2cccc(CC3(C(=O)N(C)C)CCCN(C(=O)c4ncc[nH]4)C3)c2)c1. The Morgan fingerprint density at radius 1 is 1.12 bits per heavy atom. The van der Waals surface area contributed by atoms with E-state index in [1.54, 1.807) is 36.3 Å². The third-order valence-corrected chi connectivity index (χ3v) is 6.25. The Labute approximate surface area is 189 Å². The standard InChI is InChI=1S/C26H30N4O2/c1-19-7-4-9-21(15-19)22-10-5-8-20(16-22)17-26(25(32)29(2)3)11-6-14-30(18-26)24(31)23-27-12-13-28-23/h4-5,7-10,12-13,15-16H,6,11,14,17-18H2,1-3H3,(H,27,28). The van der Waals surface area contributed by atoms with Crippen LogP contribution in [0.4, 0.5) is 0 Å². The van der Waals surface area contributed by atoms with E-state index in [0.29, 0.717) is 25.3 Å². The summed E-state index contributed by atoms with van der Waals surface area (Å²) in [6.07, 6.45) is 5.34. The van der Waals surface area contributed by atoms with Gasteiger partial charge < -0.3 is 14.8 Å². The summed E-state index contributed by atoms with van der Waals surface area (Å²) in [5.41, 5.74) is 3.96. The normalized spacial score (nSPS) is 18.4. The van der Waals surface area contributed by atoms with E-state index in [0.717, 1.165) is 29.5 Å². The van der Waals surface area contributed by atoms with Crippen LogP contribution in [0.1, 0.15) is 34.6 Å². The number of piperidine rings is 1. The van der Waals surface area contributed by atoms with Crippen LogP contribution in [0.25, 0.3) is 11.1 Å². The summed E-state index contributed by atoms with van der Waals surface area (Å²) in [4.78, 5) is 36.9. The molecule has 2 aromatic carbocycles. The lowest BCUT2D eigenvalue weighted by atomic mass is 9.73. The number of H-pyrrole nitrogens is 1. The maximum atomic E-state index is 13.4. The van der Waals surface area contributed by atoms with E-state index in [4.69, 9.17) is 0 Å². The third-order valence-electron chi connectivity index (χ3n) is 6.25. The molecule has 1 atom stereocenters. The number of aryl methyl sites for hydroxylation is 1. The van der Waals surface area contributed by atoms with Crippen molar-refractivity contribution in [3.63, 3.8) is 0 Å². The minimum Gasteiger partial charge on any atom is -0.348 e. The molecular weight excluding hydrogens is 400 g/mol. The lowest BCUT2D eigenvalue weighted by Crippen LogP contribution is -2.54. The van der Waals surface area contributed by atoms with E-state index in [-0.39, 0.29) is 11.8 Å². The molecule has 166 valence electrons. The van der Waals surface area contributed by atoms with Gasteiger partial charge in [0.1, 0.15) is 0 Å². The van der Waals surface area contributed by atoms with Crippen LogP contribution >= 0.6 is 0 Å². The maximum Gasteiger partial charge on any atom is 0.289 e. The molecule has 0 aliphatic carbocycles. The van der Waals surface area contributed by atoms with Crippen molar-refractivity contribution in [2.45, 2.75) is 26.2 Å². The van der Waals surface area contributed by atoms with E-state index in [9.17, 15) is 9.59 Å². The Kier molecular flexibility index (Phi) is 6.12. The average molecular weight is 431 g/mol. The van der Waals surface area contributed by atoms with Gasteiger partial charge >= 0.3 is 0 Å². The molecule has 1 fully saturated rings. The molecule has 1 aromatic heterocycles. The fraction of sp³-hybridized carbons (Fsp3) is 0.346. The summed E-state index contributed by atoms with van der Waals surface area (Å²) in [7, 11) is 3.58. The summed E-state index contributed by atoms with van der Waals surface area (Å²) in [5.74, 6) is 0.231. The number of amides is 2. The van der Waals surface area contributed by atoms with Crippen molar-refractivity contribution in [3.8, 4) is 11.1 Å². The summed E-state index contributed by atoms with van der Waals surface area (Å²) in [5, 5.41) is 0. The minimum atomic E-state index is -0.658. The van der Waals surface area contributed by atoms with Crippen LogP contribution in [0.3, 0.4) is 0 Å². The Hall–Kier alpha value is -3.41. The van der Waals surface area contributed by atoms with Gasteiger partial charge in [-0.25, -0.2) is 4.98 Å². The van der Waals surface area contributed by atoms with Crippen LogP contribution < -0.4 is 0 Å². The number of hydrogen-bond donors (Lipinski definition) is 1. The highest BCUT2D eigenvalue weighted by Gasteiger charge is 2.44. The molecule has 6 heteroatoms. The van der Waals surface area contributed by atoms with Crippen molar-refractivity contribution in [3.05, 3.63) is 77.9 Å². The van der Waals surface area contributed by atoms with Crippen LogP contribution in [0.2, 0.25) is 0 Å². The number of benzene rings is 2. The molecule has 1 unspecified atom stereocenters. The van der Waals surface area contributed by atoms with E-state index in [1.165, 1.54) is 5.56 Å². The molecule has 0 spiro atoms. The van der Waals surface area contributed by atoms with Crippen molar-refractivity contribution >= 4 is 11.8 Å². The number of imidazole rings is 1. The smallest absolute Gasteiger partial charge is 0.289 e. The topological polar surface area (TPSA) is 69.3 Å². The average Bonchev–Trinajstić information content (AvgIpc) is 3.33. The molecule has 2 heterocycles. The third kappa shape index (κ3) is 4.44. The van der Waals surface area contributed by atoms with Gasteiger partial charge in [0, 0.05) is 39.6 Å². The molecular formula is C26H30N4O2. The van der Waals surface area contributed by atoms with E-state index in [2.05, 4.69) is 65.4 Å². The molecule has 1 aliphatic heterocycles. The molecule has 32 heavy (non-hydrogen) atoms. The molecule has 1 saturated heterocycles. The first kappa shape index (κ1) is 21.8. The quantitative estimate of drug-likeness (QED) is 0.667. The second-order valence-corrected chi connectivity index (χ2v) is 8.99. The summed E-state index contributed by atoms with van der Waals surface area (Å²) in [6.45, 7) is 3.11. The lowest BCUT2D eigenvalue weighted by molar-refractivity contribution is -0.142. The largest absolute Gasteiger partial charge is 0.348 e. The first-order chi connectivity index (χ1) is 15.4. The highest BCUT2D eigenvalue weighted by molar-refractivity contribution is 5.91. The Balaban J connectivity index is 1.65. The van der Waals surface area contributed by atoms with Crippen molar-refractivity contribution in [1.82, 2.24) is 19.8 Å². The first-order valence-corrected chi connectivity index (χ1v) is 11.0. The van der Waals surface area contributed by atoms with Crippen LogP contribution in [-0.2, 0) is 11.2 Å². The number of aromatic nitrogens is 2. The molecule has 1 N–H and O–H groups in total. The molecule has 3 aromatic rings. The fourth-order valence-corrected chi connectivity index (χ4v) is 4.78. The zero-order valence-corrected chi connectivity index (χ0v) is 19.0. The van der Waals surface area contributed by atoms with Gasteiger partial charge in [-0.05, 0) is 42.9 Å². The molecule has 1 aliphatic rings. The van der Waals surface area contributed by atoms with Crippen LogP contribution in [-0.4, -0.2) is 58.8 Å². The second-order valence-electron chi connectivity index (χ2n) is 8.99. The van der Waals surface area contributed by atoms with Gasteiger partial charge in [-0.2, -0.15) is 0 Å². The summed E-state index contributed by atoms with van der Waals surface area (Å²) >= 11 is 0. The van der Waals surface area contributed by atoms with E-state index < -0.39 is 5.41 Å². The van der Waals surface area contributed by atoms with E-state index in [1.807, 2.05) is 0 Å². The Morgan fingerprint density at radius 3 is 2.56 bits per heavy atom. The second kappa shape index (κ2) is 8.99. The molecule has 0 radical (unpaired) electrons. The van der Waals surface area contributed by atoms with Gasteiger partial charge in [0.15, 0.2) is 5.82 Å². The van der Waals surface area contributed by atoms with Crippen molar-refractivity contribution < 1.29 is 9.59 Å². The Morgan fingerprint density at radius 2 is 1.88 bits per heavy atom. The summed E-state index contributed by atoms with van der Waals surface area (Å²) < 4.78 is 0. The maximum absolute atomic E-state index is 13.4. The lowest BCUT2D eigenvalue weighted by Gasteiger charge is -2.43. The number of carbonyl (C=O) groups excluding carboxylic acids is 2. The number of nitrogens with zero attached hydrogens (tertiary/aromatic N) is 3. The van der Waals surface area contributed by atoms with Gasteiger partial charge in [-0.15, -0.1) is 0 Å². The van der Waals surface area contributed by atoms with Gasteiger partial charge in [0.25, 0.3) is 5.91 Å². The molecule has 4 rings (SSSR count). The monoisotopic (exact) mass is 430 g/mol. The fourth-order valence-electron chi connectivity index (χ4n) is 4.78. The van der Waals surface area contributed by atoms with E-state index >= 15 is 0 Å². The van der Waals surface area contributed by atoms with Crippen molar-refractivity contribution in [1.29, 1.82) is 0 Å². The minimum absolute atomic E-state index is 0.0652. The van der Waals surface area contributed by atoms with Crippen LogP contribution in [0.5, 0.6) is 0 Å². The molecule has 6 nitrogen and oxygen atoms in total. The number of carbonyl (C=O) groups is 2. The number of likely N-dealkylation sites (tertiary alicyclic amines) is 1. The van der Waals surface area contributed by atoms with Crippen molar-refractivity contribution in [2.24, 2.45) is 5.41 Å². The number of aromatic amines is 1. The van der Waals surface area contributed by atoms with Crippen LogP contribution in [0, 0.1) is 12.3 Å². The van der Waals surface area contributed by atoms with Crippen molar-refractivity contribution in [2.75, 3.05) is 27.2 Å². The van der Waals surface area contributed by atoms with Gasteiger partial charge in [0.2, 0.25) is 5.91 Å². The van der Waals surface area contributed by atoms with Crippen LogP contribution in [0.15, 0.2) is 60.9 Å². The molecule has 0 saturated carbocycles. The highest BCUT2D eigenvalue weighted by atomic mass is 16.2. The number of nitrogens with one attached hydrogen (secondary N) is 1. The highest BCUT2D eigenvalue weighted by Crippen LogP contribution is 2.36. The first-order valence-electron chi connectivity index (χ1n) is 11.0. The zero-order chi connectivity index (χ0) is 22.7. The van der Waals surface area contributed by atoms with Gasteiger partial charge in [0.05, 0.1) is 5.41 Å². The molecule has 0 bridgehead atoms. The number of rotatable bonds is 5. The predicted octanol–water partition coefficient (Wildman–Crippen LogP) is 3.94. The predicted molar refractivity (Wildman–Crippen MR) is 125 cm³/mol. The molecule has 2 amide bonds. The zero-order valence-electron chi connectivity index (χ0n) is 19.0. The van der Waals surface area contributed by atoms with Gasteiger partial charge in [-0.1, -0.05) is 54.1 Å². The van der Waals surface area contributed by atoms with Gasteiger partial charge in [-0.3, -0.25) is 9.59 Å². The summed E-state index contributed by atoms with van der Waals surface area (Å²) in [6, 6.07) is 16.8.